The van der Waals surface area contributed by atoms with Gasteiger partial charge in [0.1, 0.15) is 0 Å². The molecule has 0 bridgehead atoms. The van der Waals surface area contributed by atoms with Crippen molar-refractivity contribution in [2.45, 2.75) is 0 Å². The van der Waals surface area contributed by atoms with Gasteiger partial charge in [-0.05, 0) is 60.7 Å². The van der Waals surface area contributed by atoms with E-state index in [4.69, 9.17) is 0 Å². The Morgan fingerprint density at radius 3 is 1.14 bits per heavy atom. The minimum atomic E-state index is -0.568. The van der Waals surface area contributed by atoms with Gasteiger partial charge in [-0.3, -0.25) is 39.4 Å². The molecular weight excluding hydrogens is 572 g/mol. The van der Waals surface area contributed by atoms with Gasteiger partial charge in [-0.15, -0.1) is 0 Å². The zero-order valence-corrected chi connectivity index (χ0v) is 22.8. The summed E-state index contributed by atoms with van der Waals surface area (Å²) in [7, 11) is 0. The van der Waals surface area contributed by atoms with Crippen LogP contribution in [0.4, 0.5) is 22.7 Å². The highest BCUT2D eigenvalue weighted by Gasteiger charge is 2.13. The normalized spacial score (nSPS) is 10.3. The molecule has 0 unspecified atom stereocenters. The maximum atomic E-state index is 12.5. The molecule has 4 N–H and O–H groups in total. The third-order valence-corrected chi connectivity index (χ3v) is 6.14. The Balaban J connectivity index is 1.21. The fourth-order valence-corrected chi connectivity index (χ4v) is 3.90. The molecule has 222 valence electrons. The maximum absolute atomic E-state index is 12.5. The first-order chi connectivity index (χ1) is 21.1. The van der Waals surface area contributed by atoms with Gasteiger partial charge in [0.05, 0.1) is 9.85 Å². The molecule has 0 aromatic heterocycles. The summed E-state index contributed by atoms with van der Waals surface area (Å²) < 4.78 is 0. The van der Waals surface area contributed by atoms with Gasteiger partial charge in [0.15, 0.2) is 0 Å². The molecule has 44 heavy (non-hydrogen) atoms. The molecule has 0 saturated carbocycles. The SMILES string of the molecule is O=C(NCCNC(=O)c1ccc(C(=O)Nc2cccc([N+](=O)[O-])c2)cc1)c1ccc(C(=O)Nc2cccc([N+](=O)[O-])c2)cc1. The summed E-state index contributed by atoms with van der Waals surface area (Å²) in [4.78, 5) is 70.5. The summed E-state index contributed by atoms with van der Waals surface area (Å²) in [5, 5.41) is 32.3. The summed E-state index contributed by atoms with van der Waals surface area (Å²) in [6.45, 7) is 0.229. The lowest BCUT2D eigenvalue weighted by Crippen LogP contribution is -2.34. The molecule has 4 aromatic rings. The molecule has 0 aliphatic rings. The average Bonchev–Trinajstić information content (AvgIpc) is 3.03. The molecule has 0 aliphatic heterocycles. The van der Waals surface area contributed by atoms with Crippen LogP contribution in [0.5, 0.6) is 0 Å². The summed E-state index contributed by atoms with van der Waals surface area (Å²) in [5.74, 6) is -1.86. The molecule has 4 aromatic carbocycles. The number of nitrogens with one attached hydrogen (secondary N) is 4. The van der Waals surface area contributed by atoms with E-state index in [1.807, 2.05) is 0 Å². The van der Waals surface area contributed by atoms with Crippen molar-refractivity contribution >= 4 is 46.4 Å². The molecule has 4 amide bonds. The number of rotatable bonds is 11. The van der Waals surface area contributed by atoms with E-state index in [2.05, 4.69) is 21.3 Å². The quantitative estimate of drug-likeness (QED) is 0.112. The van der Waals surface area contributed by atoms with Crippen LogP contribution in [0, 0.1) is 20.2 Å². The first kappa shape index (κ1) is 30.5. The minimum absolute atomic E-state index is 0.114. The number of amides is 4. The van der Waals surface area contributed by atoms with Gasteiger partial charge >= 0.3 is 0 Å². The Labute approximate surface area is 249 Å². The van der Waals surface area contributed by atoms with Crippen LogP contribution in [0.1, 0.15) is 41.4 Å². The molecule has 0 saturated heterocycles. The van der Waals surface area contributed by atoms with E-state index >= 15 is 0 Å². The van der Waals surface area contributed by atoms with Crippen LogP contribution < -0.4 is 21.3 Å². The fourth-order valence-electron chi connectivity index (χ4n) is 3.90. The third-order valence-electron chi connectivity index (χ3n) is 6.14. The van der Waals surface area contributed by atoms with Gasteiger partial charge in [-0.25, -0.2) is 0 Å². The van der Waals surface area contributed by atoms with Crippen molar-refractivity contribution in [3.8, 4) is 0 Å². The van der Waals surface area contributed by atoms with Crippen molar-refractivity contribution in [2.75, 3.05) is 23.7 Å². The van der Waals surface area contributed by atoms with Gasteiger partial charge < -0.3 is 21.3 Å². The standard InChI is InChI=1S/C30H24N6O8/c37-27(19-7-11-21(12-8-19)29(39)33-23-3-1-5-25(17-23)35(41)42)31-15-16-32-28(38)20-9-13-22(14-10-20)30(40)34-24-4-2-6-26(18-24)36(43)44/h1-14,17-18H,15-16H2,(H,31,37)(H,32,38)(H,33,39)(H,34,40). The number of nitro groups is 2. The molecule has 0 spiro atoms. The Morgan fingerprint density at radius 1 is 0.500 bits per heavy atom. The highest BCUT2D eigenvalue weighted by Crippen LogP contribution is 2.19. The second-order valence-corrected chi connectivity index (χ2v) is 9.19. The highest BCUT2D eigenvalue weighted by molar-refractivity contribution is 6.06. The lowest BCUT2D eigenvalue weighted by Gasteiger charge is -2.09. The first-order valence-electron chi connectivity index (χ1n) is 13.0. The smallest absolute Gasteiger partial charge is 0.271 e. The van der Waals surface area contributed by atoms with Crippen LogP contribution >= 0.6 is 0 Å². The van der Waals surface area contributed by atoms with Gasteiger partial charge in [-0.1, -0.05) is 12.1 Å². The van der Waals surface area contributed by atoms with Gasteiger partial charge in [-0.2, -0.15) is 0 Å². The number of hydrogen-bond donors (Lipinski definition) is 4. The van der Waals surface area contributed by atoms with Crippen LogP contribution in [0.15, 0.2) is 97.1 Å². The van der Waals surface area contributed by atoms with E-state index in [0.717, 1.165) is 0 Å². The van der Waals surface area contributed by atoms with Crippen molar-refractivity contribution in [1.82, 2.24) is 10.6 Å². The molecule has 0 heterocycles. The molecule has 4 rings (SSSR count). The number of benzene rings is 4. The Kier molecular flexibility index (Phi) is 9.68. The number of anilines is 2. The predicted molar refractivity (Wildman–Crippen MR) is 160 cm³/mol. The van der Waals surface area contributed by atoms with Crippen molar-refractivity contribution in [2.24, 2.45) is 0 Å². The first-order valence-corrected chi connectivity index (χ1v) is 13.0. The molecule has 0 radical (unpaired) electrons. The molecule has 14 heteroatoms. The van der Waals surface area contributed by atoms with Crippen LogP contribution in [0.2, 0.25) is 0 Å². The number of nitro benzene ring substituents is 2. The van der Waals surface area contributed by atoms with Crippen LogP contribution in [-0.4, -0.2) is 46.6 Å². The maximum Gasteiger partial charge on any atom is 0.271 e. The zero-order valence-electron chi connectivity index (χ0n) is 22.8. The number of carbonyl (C=O) groups excluding carboxylic acids is 4. The number of hydrogen-bond acceptors (Lipinski definition) is 8. The van der Waals surface area contributed by atoms with Crippen molar-refractivity contribution in [3.05, 3.63) is 140 Å². The van der Waals surface area contributed by atoms with Gasteiger partial charge in [0, 0.05) is 71.0 Å². The number of nitrogens with zero attached hydrogens (tertiary/aromatic N) is 2. The zero-order chi connectivity index (χ0) is 31.6. The van der Waals surface area contributed by atoms with Crippen molar-refractivity contribution < 1.29 is 29.0 Å². The monoisotopic (exact) mass is 596 g/mol. The van der Waals surface area contributed by atoms with E-state index in [0.29, 0.717) is 0 Å². The Bertz CT molecular complexity index is 1610. The largest absolute Gasteiger partial charge is 0.350 e. The minimum Gasteiger partial charge on any atom is -0.350 e. The fraction of sp³-hybridized carbons (Fsp3) is 0.0667. The van der Waals surface area contributed by atoms with E-state index in [1.165, 1.54) is 97.1 Å². The summed E-state index contributed by atoms with van der Waals surface area (Å²) in [6, 6.07) is 22.6. The van der Waals surface area contributed by atoms with Crippen molar-refractivity contribution in [1.29, 1.82) is 0 Å². The lowest BCUT2D eigenvalue weighted by atomic mass is 10.1. The van der Waals surface area contributed by atoms with E-state index in [-0.39, 0.29) is 58.1 Å². The third kappa shape index (κ3) is 8.07. The Hall–Kier alpha value is -6.44. The van der Waals surface area contributed by atoms with E-state index < -0.39 is 33.5 Å². The van der Waals surface area contributed by atoms with Crippen LogP contribution in [-0.2, 0) is 0 Å². The van der Waals surface area contributed by atoms with Crippen LogP contribution in [0.25, 0.3) is 0 Å². The molecule has 0 aliphatic carbocycles. The topological polar surface area (TPSA) is 203 Å². The van der Waals surface area contributed by atoms with Gasteiger partial charge in [0.25, 0.3) is 35.0 Å². The Morgan fingerprint density at radius 2 is 0.818 bits per heavy atom. The average molecular weight is 597 g/mol. The summed E-state index contributed by atoms with van der Waals surface area (Å²) in [6.07, 6.45) is 0. The summed E-state index contributed by atoms with van der Waals surface area (Å²) >= 11 is 0. The summed E-state index contributed by atoms with van der Waals surface area (Å²) in [5.41, 5.74) is 1.24. The van der Waals surface area contributed by atoms with E-state index in [1.54, 1.807) is 0 Å². The van der Waals surface area contributed by atoms with Crippen LogP contribution in [0.3, 0.4) is 0 Å². The second kappa shape index (κ2) is 14.0. The molecular formula is C30H24N6O8. The number of carbonyl (C=O) groups is 4. The molecule has 0 fully saturated rings. The molecule has 0 atom stereocenters. The predicted octanol–water partition coefficient (Wildman–Crippen LogP) is 4.17. The lowest BCUT2D eigenvalue weighted by molar-refractivity contribution is -0.385. The van der Waals surface area contributed by atoms with Gasteiger partial charge in [0.2, 0.25) is 0 Å². The highest BCUT2D eigenvalue weighted by atomic mass is 16.6. The molecule has 14 nitrogen and oxygen atoms in total. The van der Waals surface area contributed by atoms with E-state index in [9.17, 15) is 39.4 Å². The van der Waals surface area contributed by atoms with Crippen molar-refractivity contribution in [3.63, 3.8) is 0 Å². The second-order valence-electron chi connectivity index (χ2n) is 9.19. The number of non-ortho nitro benzene ring substituents is 2.